The Labute approximate surface area is 69.5 Å². The zero-order chi connectivity index (χ0) is 8.27. The van der Waals surface area contributed by atoms with E-state index in [-0.39, 0.29) is 6.04 Å². The Morgan fingerprint density at radius 2 is 2.18 bits per heavy atom. The minimum atomic E-state index is -2.38. The van der Waals surface area contributed by atoms with E-state index in [0.717, 1.165) is 19.3 Å². The largest absolute Gasteiger partial charge is 0.215 e. The van der Waals surface area contributed by atoms with Crippen LogP contribution in [0.1, 0.15) is 25.7 Å². The topological polar surface area (TPSA) is 37.4 Å². The van der Waals surface area contributed by atoms with Gasteiger partial charge in [-0.15, -0.1) is 0 Å². The molecule has 0 amide bonds. The van der Waals surface area contributed by atoms with Crippen LogP contribution >= 0.6 is 0 Å². The highest BCUT2D eigenvalue weighted by Crippen LogP contribution is 2.20. The lowest BCUT2D eigenvalue weighted by atomic mass is 9.96. The van der Waals surface area contributed by atoms with E-state index in [9.17, 15) is 8.42 Å². The number of nitrogens with zero attached hydrogens (tertiary/aromatic N) is 1. The first-order valence-corrected chi connectivity index (χ1v) is 5.05. The molecule has 11 heavy (non-hydrogen) atoms. The normalized spacial score (nSPS) is 21.4. The molecule has 0 saturated heterocycles. The van der Waals surface area contributed by atoms with Gasteiger partial charge >= 0.3 is 0 Å². The molecule has 1 unspecified atom stereocenters. The summed E-state index contributed by atoms with van der Waals surface area (Å²) in [5.74, 6) is 0. The Morgan fingerprint density at radius 1 is 1.45 bits per heavy atom. The lowest BCUT2D eigenvalue weighted by Crippen LogP contribution is -2.32. The first kappa shape index (κ1) is 9.00. The molecule has 1 aliphatic carbocycles. The highest BCUT2D eigenvalue weighted by atomic mass is 32.2. The van der Waals surface area contributed by atoms with E-state index in [1.807, 2.05) is 0 Å². The van der Waals surface area contributed by atoms with Crippen LogP contribution in [0.2, 0.25) is 0 Å². The van der Waals surface area contributed by atoms with Crippen molar-refractivity contribution < 1.29 is 8.42 Å². The highest BCUT2D eigenvalue weighted by molar-refractivity contribution is 7.69. The molecule has 4 heteroatoms. The van der Waals surface area contributed by atoms with Crippen LogP contribution in [0.4, 0.5) is 0 Å². The van der Waals surface area contributed by atoms with Crippen LogP contribution in [0.15, 0.2) is 0 Å². The van der Waals surface area contributed by atoms with Gasteiger partial charge in [0.1, 0.15) is 0 Å². The molecule has 1 fully saturated rings. The fraction of sp³-hybridized carbons (Fsp3) is 0.857. The predicted molar refractivity (Wildman–Crippen MR) is 44.6 cm³/mol. The van der Waals surface area contributed by atoms with Crippen molar-refractivity contribution in [3.8, 4) is 0 Å². The number of hydrogen-bond donors (Lipinski definition) is 1. The summed E-state index contributed by atoms with van der Waals surface area (Å²) in [6.07, 6.45) is 6.49. The Balaban J connectivity index is 2.44. The first-order valence-electron chi connectivity index (χ1n) is 3.92. The van der Waals surface area contributed by atoms with Crippen molar-refractivity contribution in [2.75, 3.05) is 7.05 Å². The van der Waals surface area contributed by atoms with E-state index in [4.69, 9.17) is 0 Å². The number of rotatable bonds is 2. The molecule has 0 bridgehead atoms. The van der Waals surface area contributed by atoms with Gasteiger partial charge in [0, 0.05) is 13.1 Å². The van der Waals surface area contributed by atoms with Crippen LogP contribution in [-0.2, 0) is 10.9 Å². The van der Waals surface area contributed by atoms with Gasteiger partial charge in [-0.05, 0) is 19.3 Å². The van der Waals surface area contributed by atoms with E-state index < -0.39 is 10.9 Å². The second kappa shape index (κ2) is 4.07. The molecule has 0 aromatic carbocycles. The van der Waals surface area contributed by atoms with Gasteiger partial charge in [0.2, 0.25) is 10.9 Å². The summed E-state index contributed by atoms with van der Waals surface area (Å²) < 4.78 is 22.5. The zero-order valence-electron chi connectivity index (χ0n) is 6.69. The molecule has 0 aromatic rings. The van der Waals surface area contributed by atoms with Crippen molar-refractivity contribution in [1.29, 1.82) is 0 Å². The summed E-state index contributed by atoms with van der Waals surface area (Å²) in [7, 11) is -0.745. The third-order valence-corrected chi connectivity index (χ3v) is 2.94. The molecular weight excluding hydrogens is 162 g/mol. The summed E-state index contributed by atoms with van der Waals surface area (Å²) in [6.45, 7) is 0. The smallest absolute Gasteiger partial charge is 0.203 e. The van der Waals surface area contributed by atoms with Crippen LogP contribution in [0.3, 0.4) is 0 Å². The minimum Gasteiger partial charge on any atom is -0.215 e. The Kier molecular flexibility index (Phi) is 3.33. The van der Waals surface area contributed by atoms with Crippen LogP contribution in [0.5, 0.6) is 0 Å². The minimum absolute atomic E-state index is 0.157. The van der Waals surface area contributed by atoms with E-state index in [1.165, 1.54) is 10.7 Å². The molecule has 1 saturated carbocycles. The zero-order valence-corrected chi connectivity index (χ0v) is 7.59. The van der Waals surface area contributed by atoms with Gasteiger partial charge in [0.05, 0.1) is 0 Å². The van der Waals surface area contributed by atoms with Gasteiger partial charge in [-0.1, -0.05) is 12.8 Å². The highest BCUT2D eigenvalue weighted by Gasteiger charge is 2.19. The predicted octanol–water partition coefficient (Wildman–Crippen LogP) is 0.591. The second-order valence-corrected chi connectivity index (χ2v) is 4.01. The molecule has 0 aliphatic heterocycles. The van der Waals surface area contributed by atoms with Crippen molar-refractivity contribution in [1.82, 2.24) is 4.31 Å². The summed E-state index contributed by atoms with van der Waals surface area (Å²) in [6, 6.07) is 0.157. The SMILES string of the molecule is CN(C1[CH]CCCC1)[SH](=O)=O. The number of thiol groups is 1. The monoisotopic (exact) mass is 176 g/mol. The molecule has 1 rings (SSSR count). The molecular formula is C7H14NO2S. The molecule has 0 spiro atoms. The van der Waals surface area contributed by atoms with Crippen LogP contribution in [-0.4, -0.2) is 25.8 Å². The van der Waals surface area contributed by atoms with Crippen molar-refractivity contribution >= 4 is 10.9 Å². The van der Waals surface area contributed by atoms with Crippen molar-refractivity contribution in [3.05, 3.63) is 6.42 Å². The average molecular weight is 176 g/mol. The van der Waals surface area contributed by atoms with Gasteiger partial charge in [0.25, 0.3) is 0 Å². The molecule has 1 aliphatic rings. The third-order valence-electron chi connectivity index (χ3n) is 2.13. The molecule has 1 atom stereocenters. The van der Waals surface area contributed by atoms with Gasteiger partial charge in [-0.25, -0.2) is 12.7 Å². The summed E-state index contributed by atoms with van der Waals surface area (Å²) in [4.78, 5) is 0. The molecule has 0 N–H and O–H groups in total. The molecule has 0 aromatic heterocycles. The summed E-state index contributed by atoms with van der Waals surface area (Å²) in [5.41, 5.74) is 0. The lowest BCUT2D eigenvalue weighted by molar-refractivity contribution is 0.351. The summed E-state index contributed by atoms with van der Waals surface area (Å²) in [5, 5.41) is 0. The fourth-order valence-electron chi connectivity index (χ4n) is 1.39. The van der Waals surface area contributed by atoms with E-state index in [2.05, 4.69) is 6.42 Å². The van der Waals surface area contributed by atoms with E-state index >= 15 is 0 Å². The lowest BCUT2D eigenvalue weighted by Gasteiger charge is -2.25. The standard InChI is InChI=1S/C7H14NO2S/c1-8(11(9)10)7-5-3-2-4-6-7/h5,7,11H,2-4,6H2,1H3. The number of hydrogen-bond acceptors (Lipinski definition) is 2. The molecule has 1 radical (unpaired) electrons. The van der Waals surface area contributed by atoms with Crippen molar-refractivity contribution in [3.63, 3.8) is 0 Å². The van der Waals surface area contributed by atoms with Crippen LogP contribution < -0.4 is 0 Å². The fourth-order valence-corrected chi connectivity index (χ4v) is 1.84. The third kappa shape index (κ3) is 2.45. The maximum atomic E-state index is 10.5. The second-order valence-electron chi connectivity index (χ2n) is 2.90. The Hall–Kier alpha value is -0.0900. The average Bonchev–Trinajstić information content (AvgIpc) is 2.05. The van der Waals surface area contributed by atoms with Gasteiger partial charge < -0.3 is 0 Å². The van der Waals surface area contributed by atoms with Gasteiger partial charge in [-0.2, -0.15) is 0 Å². The van der Waals surface area contributed by atoms with Crippen molar-refractivity contribution in [2.24, 2.45) is 0 Å². The Bertz CT molecular complexity index is 177. The maximum absolute atomic E-state index is 10.5. The van der Waals surface area contributed by atoms with E-state index in [1.54, 1.807) is 7.05 Å². The summed E-state index contributed by atoms with van der Waals surface area (Å²) >= 11 is 0. The molecule has 0 heterocycles. The Morgan fingerprint density at radius 3 is 2.64 bits per heavy atom. The van der Waals surface area contributed by atoms with Gasteiger partial charge in [-0.3, -0.25) is 0 Å². The van der Waals surface area contributed by atoms with Crippen LogP contribution in [0.25, 0.3) is 0 Å². The van der Waals surface area contributed by atoms with Gasteiger partial charge in [0.15, 0.2) is 0 Å². The van der Waals surface area contributed by atoms with Crippen LogP contribution in [0, 0.1) is 6.42 Å². The van der Waals surface area contributed by atoms with E-state index in [0.29, 0.717) is 0 Å². The van der Waals surface area contributed by atoms with Crippen molar-refractivity contribution in [2.45, 2.75) is 31.7 Å². The quantitative estimate of drug-likeness (QED) is 0.625. The molecule has 65 valence electrons. The molecule has 3 nitrogen and oxygen atoms in total. The maximum Gasteiger partial charge on any atom is 0.203 e. The first-order chi connectivity index (χ1) is 5.22.